The third-order valence-corrected chi connectivity index (χ3v) is 2.61. The molecule has 0 amide bonds. The number of aryl methyl sites for hydroxylation is 2. The average Bonchev–Trinajstić information content (AvgIpc) is 2.45. The highest BCUT2D eigenvalue weighted by Gasteiger charge is 2.19. The monoisotopic (exact) mass is 196 g/mol. The topological polar surface area (TPSA) is 47.3 Å². The van der Waals surface area contributed by atoms with E-state index in [0.717, 1.165) is 36.5 Å². The highest BCUT2D eigenvalue weighted by molar-refractivity contribution is 5.21. The Morgan fingerprint density at radius 1 is 1.57 bits per heavy atom. The molecular weight excluding hydrogens is 180 g/mol. The summed E-state index contributed by atoms with van der Waals surface area (Å²) in [7, 11) is 0. The van der Waals surface area contributed by atoms with Crippen molar-refractivity contribution in [3.8, 4) is 0 Å². The van der Waals surface area contributed by atoms with Crippen LogP contribution >= 0.6 is 0 Å². The number of aromatic nitrogens is 1. The molecule has 1 fully saturated rings. The van der Waals surface area contributed by atoms with Crippen LogP contribution in [0.2, 0.25) is 0 Å². The lowest BCUT2D eigenvalue weighted by molar-refractivity contribution is 0.00686. The van der Waals surface area contributed by atoms with Crippen LogP contribution in [-0.4, -0.2) is 24.4 Å². The quantitative estimate of drug-likeness (QED) is 0.781. The average molecular weight is 196 g/mol. The Morgan fingerprint density at radius 2 is 2.36 bits per heavy atom. The van der Waals surface area contributed by atoms with E-state index >= 15 is 0 Å². The molecule has 0 aliphatic carbocycles. The minimum atomic E-state index is 0.369. The van der Waals surface area contributed by atoms with Crippen LogP contribution in [0.15, 0.2) is 4.52 Å². The fourth-order valence-electron chi connectivity index (χ4n) is 1.48. The number of hydrogen-bond acceptors (Lipinski definition) is 4. The van der Waals surface area contributed by atoms with Crippen molar-refractivity contribution in [1.82, 2.24) is 10.5 Å². The van der Waals surface area contributed by atoms with Crippen molar-refractivity contribution >= 4 is 0 Å². The second-order valence-corrected chi connectivity index (χ2v) is 3.61. The summed E-state index contributed by atoms with van der Waals surface area (Å²) in [6.07, 6.45) is 1.27. The van der Waals surface area contributed by atoms with Gasteiger partial charge < -0.3 is 14.6 Å². The van der Waals surface area contributed by atoms with Crippen LogP contribution in [-0.2, 0) is 17.8 Å². The lowest BCUT2D eigenvalue weighted by atomic mass is 10.1. The van der Waals surface area contributed by atoms with Gasteiger partial charge in [-0.25, -0.2) is 0 Å². The van der Waals surface area contributed by atoms with Gasteiger partial charge in [-0.3, -0.25) is 0 Å². The molecule has 0 radical (unpaired) electrons. The standard InChI is InChI=1S/C10H16N2O2/c1-3-10-9(7(2)14-12-10)6-13-8-4-11-5-8/h8,11H,3-6H2,1-2H3. The van der Waals surface area contributed by atoms with E-state index in [-0.39, 0.29) is 0 Å². The van der Waals surface area contributed by atoms with Crippen molar-refractivity contribution in [2.45, 2.75) is 33.0 Å². The van der Waals surface area contributed by atoms with Crippen LogP contribution in [0.4, 0.5) is 0 Å². The van der Waals surface area contributed by atoms with Gasteiger partial charge in [0.05, 0.1) is 18.4 Å². The number of nitrogens with zero attached hydrogens (tertiary/aromatic N) is 1. The van der Waals surface area contributed by atoms with E-state index in [1.54, 1.807) is 0 Å². The third-order valence-electron chi connectivity index (χ3n) is 2.61. The zero-order chi connectivity index (χ0) is 9.97. The molecule has 1 aliphatic heterocycles. The van der Waals surface area contributed by atoms with E-state index in [1.807, 2.05) is 6.92 Å². The van der Waals surface area contributed by atoms with Crippen LogP contribution in [0.25, 0.3) is 0 Å². The first-order valence-electron chi connectivity index (χ1n) is 5.07. The normalized spacial score (nSPS) is 17.0. The first-order valence-corrected chi connectivity index (χ1v) is 5.07. The molecule has 78 valence electrons. The molecular formula is C10H16N2O2. The molecule has 4 heteroatoms. The maximum atomic E-state index is 5.68. The molecule has 1 saturated heterocycles. The molecule has 0 atom stereocenters. The van der Waals surface area contributed by atoms with Crippen LogP contribution in [0.1, 0.15) is 23.9 Å². The number of hydrogen-bond donors (Lipinski definition) is 1. The molecule has 14 heavy (non-hydrogen) atoms. The summed E-state index contributed by atoms with van der Waals surface area (Å²) < 4.78 is 10.8. The van der Waals surface area contributed by atoms with Crippen molar-refractivity contribution in [2.75, 3.05) is 13.1 Å². The predicted molar refractivity (Wildman–Crippen MR) is 52.1 cm³/mol. The number of nitrogens with one attached hydrogen (secondary N) is 1. The van der Waals surface area contributed by atoms with Gasteiger partial charge in [0.1, 0.15) is 5.76 Å². The summed E-state index contributed by atoms with van der Waals surface area (Å²) in [5.74, 6) is 0.883. The summed E-state index contributed by atoms with van der Waals surface area (Å²) in [4.78, 5) is 0. The van der Waals surface area contributed by atoms with Crippen molar-refractivity contribution in [3.05, 3.63) is 17.0 Å². The molecule has 2 heterocycles. The van der Waals surface area contributed by atoms with Gasteiger partial charge in [-0.15, -0.1) is 0 Å². The second kappa shape index (κ2) is 4.11. The van der Waals surface area contributed by atoms with Gasteiger partial charge >= 0.3 is 0 Å². The Hall–Kier alpha value is -0.870. The van der Waals surface area contributed by atoms with Crippen molar-refractivity contribution < 1.29 is 9.26 Å². The van der Waals surface area contributed by atoms with Crippen LogP contribution in [0.3, 0.4) is 0 Å². The zero-order valence-corrected chi connectivity index (χ0v) is 8.67. The largest absolute Gasteiger partial charge is 0.371 e. The molecule has 0 unspecified atom stereocenters. The van der Waals surface area contributed by atoms with E-state index in [2.05, 4.69) is 17.4 Å². The third kappa shape index (κ3) is 1.81. The summed E-state index contributed by atoms with van der Waals surface area (Å²) in [6, 6.07) is 0. The maximum Gasteiger partial charge on any atom is 0.139 e. The molecule has 0 aromatic carbocycles. The van der Waals surface area contributed by atoms with E-state index in [0.29, 0.717) is 12.7 Å². The van der Waals surface area contributed by atoms with Crippen LogP contribution in [0.5, 0.6) is 0 Å². The predicted octanol–water partition coefficient (Wildman–Crippen LogP) is 1.03. The lowest BCUT2D eigenvalue weighted by Crippen LogP contribution is -2.48. The minimum absolute atomic E-state index is 0.369. The number of rotatable bonds is 4. The van der Waals surface area contributed by atoms with Gasteiger partial charge in [0.15, 0.2) is 0 Å². The van der Waals surface area contributed by atoms with E-state index in [9.17, 15) is 0 Å². The van der Waals surface area contributed by atoms with Crippen molar-refractivity contribution in [2.24, 2.45) is 0 Å². The van der Waals surface area contributed by atoms with E-state index in [1.165, 1.54) is 0 Å². The highest BCUT2D eigenvalue weighted by atomic mass is 16.5. The summed E-state index contributed by atoms with van der Waals surface area (Å²) in [6.45, 7) is 6.57. The molecule has 0 spiro atoms. The molecule has 1 aromatic rings. The Bertz CT molecular complexity index is 305. The lowest BCUT2D eigenvalue weighted by Gasteiger charge is -2.27. The molecule has 4 nitrogen and oxygen atoms in total. The van der Waals surface area contributed by atoms with Crippen molar-refractivity contribution in [3.63, 3.8) is 0 Å². The van der Waals surface area contributed by atoms with Gasteiger partial charge in [-0.2, -0.15) is 0 Å². The van der Waals surface area contributed by atoms with Gasteiger partial charge in [0.25, 0.3) is 0 Å². The van der Waals surface area contributed by atoms with Crippen LogP contribution < -0.4 is 5.32 Å². The van der Waals surface area contributed by atoms with Gasteiger partial charge in [0, 0.05) is 18.7 Å². The minimum Gasteiger partial charge on any atom is -0.371 e. The second-order valence-electron chi connectivity index (χ2n) is 3.61. The molecule has 1 N–H and O–H groups in total. The Labute approximate surface area is 83.6 Å². The summed E-state index contributed by atoms with van der Waals surface area (Å²) in [5.41, 5.74) is 2.15. The van der Waals surface area contributed by atoms with E-state index < -0.39 is 0 Å². The first-order chi connectivity index (χ1) is 6.81. The smallest absolute Gasteiger partial charge is 0.139 e. The molecule has 1 aromatic heterocycles. The molecule has 1 aliphatic rings. The van der Waals surface area contributed by atoms with Gasteiger partial charge in [-0.1, -0.05) is 12.1 Å². The Morgan fingerprint density at radius 3 is 2.93 bits per heavy atom. The van der Waals surface area contributed by atoms with Gasteiger partial charge in [-0.05, 0) is 13.3 Å². The molecule has 2 rings (SSSR count). The zero-order valence-electron chi connectivity index (χ0n) is 8.67. The number of ether oxygens (including phenoxy) is 1. The SMILES string of the molecule is CCc1noc(C)c1COC1CNC1. The van der Waals surface area contributed by atoms with Gasteiger partial charge in [0.2, 0.25) is 0 Å². The van der Waals surface area contributed by atoms with E-state index in [4.69, 9.17) is 9.26 Å². The molecule has 0 bridgehead atoms. The van der Waals surface area contributed by atoms with Crippen LogP contribution in [0, 0.1) is 6.92 Å². The molecule has 0 saturated carbocycles. The fourth-order valence-corrected chi connectivity index (χ4v) is 1.48. The Kier molecular flexibility index (Phi) is 2.84. The Balaban J connectivity index is 1.95. The maximum absolute atomic E-state index is 5.68. The van der Waals surface area contributed by atoms with Crippen molar-refractivity contribution in [1.29, 1.82) is 0 Å². The summed E-state index contributed by atoms with van der Waals surface area (Å²) in [5, 5.41) is 7.16. The summed E-state index contributed by atoms with van der Waals surface area (Å²) >= 11 is 0. The first kappa shape index (κ1) is 9.68. The highest BCUT2D eigenvalue weighted by Crippen LogP contribution is 2.16. The fraction of sp³-hybridized carbons (Fsp3) is 0.700.